The van der Waals surface area contributed by atoms with Crippen LogP contribution in [0.25, 0.3) is 0 Å². The molecular formula is C25H32N4O2. The summed E-state index contributed by atoms with van der Waals surface area (Å²) in [6.07, 6.45) is 9.69. The number of rotatable bonds is 8. The summed E-state index contributed by atoms with van der Waals surface area (Å²) in [5.41, 5.74) is 1.51. The van der Waals surface area contributed by atoms with E-state index < -0.39 is 0 Å². The van der Waals surface area contributed by atoms with E-state index in [1.54, 1.807) is 0 Å². The highest BCUT2D eigenvalue weighted by Gasteiger charge is 2.50. The van der Waals surface area contributed by atoms with E-state index in [0.717, 1.165) is 69.6 Å². The smallest absolute Gasteiger partial charge is 0.229 e. The maximum absolute atomic E-state index is 12.0. The van der Waals surface area contributed by atoms with Gasteiger partial charge in [0.05, 0.1) is 0 Å². The third-order valence-electron chi connectivity index (χ3n) is 7.86. The van der Waals surface area contributed by atoms with Crippen molar-refractivity contribution in [3.63, 3.8) is 0 Å². The van der Waals surface area contributed by atoms with Gasteiger partial charge in [0, 0.05) is 41.8 Å². The van der Waals surface area contributed by atoms with Crippen molar-refractivity contribution in [2.24, 2.45) is 5.92 Å². The van der Waals surface area contributed by atoms with Gasteiger partial charge >= 0.3 is 0 Å². The van der Waals surface area contributed by atoms with Crippen LogP contribution in [-0.4, -0.2) is 34.7 Å². The summed E-state index contributed by atoms with van der Waals surface area (Å²) in [7, 11) is 0. The standard InChI is InChI=1S/C25H32N4O2/c30-22(17-6-7-17)27-19-10-8-18(9-11-19)23-28-24(29-31-23)25(12-13-25)15-26-21-14-20(21)16-4-2-1-3-5-16/h1-5,17-21,26H,6-15H2,(H,27,30)/t18?,19?,20?,21-/m1/s1. The molecule has 0 spiro atoms. The molecule has 6 heteroatoms. The lowest BCUT2D eigenvalue weighted by Crippen LogP contribution is -2.38. The molecule has 1 unspecified atom stereocenters. The molecule has 31 heavy (non-hydrogen) atoms. The van der Waals surface area contributed by atoms with E-state index in [1.807, 2.05) is 0 Å². The lowest BCUT2D eigenvalue weighted by Gasteiger charge is -2.27. The first-order valence-electron chi connectivity index (χ1n) is 12.1. The highest BCUT2D eigenvalue weighted by molar-refractivity contribution is 5.81. The van der Waals surface area contributed by atoms with Crippen molar-refractivity contribution in [1.82, 2.24) is 20.8 Å². The van der Waals surface area contributed by atoms with Gasteiger partial charge in [0.1, 0.15) is 0 Å². The third kappa shape index (κ3) is 4.14. The number of nitrogens with zero attached hydrogens (tertiary/aromatic N) is 2. The Morgan fingerprint density at radius 1 is 1.06 bits per heavy atom. The summed E-state index contributed by atoms with van der Waals surface area (Å²) in [6, 6.07) is 11.7. The van der Waals surface area contributed by atoms with Crippen LogP contribution in [0.4, 0.5) is 0 Å². The van der Waals surface area contributed by atoms with Crippen LogP contribution in [0.1, 0.15) is 86.9 Å². The van der Waals surface area contributed by atoms with E-state index in [9.17, 15) is 4.79 Å². The Hall–Kier alpha value is -2.21. The minimum atomic E-state index is 0.0705. The fourth-order valence-corrected chi connectivity index (χ4v) is 5.21. The lowest BCUT2D eigenvalue weighted by atomic mass is 9.86. The van der Waals surface area contributed by atoms with Gasteiger partial charge in [-0.3, -0.25) is 4.79 Å². The maximum atomic E-state index is 12.0. The largest absolute Gasteiger partial charge is 0.353 e. The van der Waals surface area contributed by atoms with E-state index in [-0.39, 0.29) is 17.2 Å². The quantitative estimate of drug-likeness (QED) is 0.679. The van der Waals surface area contributed by atoms with Gasteiger partial charge in [-0.05, 0) is 63.4 Å². The molecular weight excluding hydrogens is 388 g/mol. The Bertz CT molecular complexity index is 926. The van der Waals surface area contributed by atoms with Gasteiger partial charge in [0.2, 0.25) is 11.8 Å². The molecule has 1 heterocycles. The Morgan fingerprint density at radius 3 is 2.55 bits per heavy atom. The van der Waals surface area contributed by atoms with E-state index in [1.165, 1.54) is 12.0 Å². The zero-order chi connectivity index (χ0) is 20.8. The maximum Gasteiger partial charge on any atom is 0.229 e. The molecule has 0 saturated heterocycles. The second-order valence-electron chi connectivity index (χ2n) is 10.3. The first kappa shape index (κ1) is 19.5. The van der Waals surface area contributed by atoms with Crippen LogP contribution in [-0.2, 0) is 10.2 Å². The van der Waals surface area contributed by atoms with Crippen LogP contribution in [0.15, 0.2) is 34.9 Å². The van der Waals surface area contributed by atoms with Crippen LogP contribution < -0.4 is 10.6 Å². The van der Waals surface area contributed by atoms with Crippen LogP contribution in [0.2, 0.25) is 0 Å². The van der Waals surface area contributed by atoms with Crippen LogP contribution >= 0.6 is 0 Å². The molecule has 2 N–H and O–H groups in total. The zero-order valence-electron chi connectivity index (χ0n) is 18.1. The van der Waals surface area contributed by atoms with E-state index in [4.69, 9.17) is 9.51 Å². The van der Waals surface area contributed by atoms with Gasteiger partial charge in [-0.25, -0.2) is 0 Å². The molecule has 1 aromatic heterocycles. The molecule has 4 saturated carbocycles. The van der Waals surface area contributed by atoms with Crippen molar-refractivity contribution in [1.29, 1.82) is 0 Å². The van der Waals surface area contributed by atoms with Crippen molar-refractivity contribution in [2.75, 3.05) is 6.54 Å². The topological polar surface area (TPSA) is 80.0 Å². The molecule has 0 radical (unpaired) electrons. The minimum Gasteiger partial charge on any atom is -0.353 e. The van der Waals surface area contributed by atoms with Gasteiger partial charge in [0.15, 0.2) is 5.82 Å². The predicted octanol–water partition coefficient (Wildman–Crippen LogP) is 3.80. The molecule has 6 nitrogen and oxygen atoms in total. The molecule has 0 aliphatic heterocycles. The molecule has 2 aromatic rings. The molecule has 6 rings (SSSR count). The second-order valence-corrected chi connectivity index (χ2v) is 10.3. The molecule has 1 amide bonds. The Kier molecular flexibility index (Phi) is 4.86. The van der Waals surface area contributed by atoms with Gasteiger partial charge in [-0.2, -0.15) is 4.98 Å². The monoisotopic (exact) mass is 420 g/mol. The number of hydrogen-bond donors (Lipinski definition) is 2. The zero-order valence-corrected chi connectivity index (χ0v) is 18.1. The first-order valence-corrected chi connectivity index (χ1v) is 12.1. The number of aromatic nitrogens is 2. The Labute approximate surface area is 183 Å². The summed E-state index contributed by atoms with van der Waals surface area (Å²) in [6.45, 7) is 0.944. The first-order chi connectivity index (χ1) is 15.2. The summed E-state index contributed by atoms with van der Waals surface area (Å²) in [4.78, 5) is 16.9. The molecule has 4 fully saturated rings. The highest BCUT2D eigenvalue weighted by Crippen LogP contribution is 2.48. The predicted molar refractivity (Wildman–Crippen MR) is 117 cm³/mol. The number of nitrogens with one attached hydrogen (secondary N) is 2. The second kappa shape index (κ2) is 7.73. The van der Waals surface area contributed by atoms with Gasteiger partial charge < -0.3 is 15.2 Å². The van der Waals surface area contributed by atoms with Gasteiger partial charge in [-0.1, -0.05) is 35.5 Å². The Morgan fingerprint density at radius 2 is 1.84 bits per heavy atom. The average Bonchev–Trinajstić information content (AvgIpc) is 3.70. The van der Waals surface area contributed by atoms with Gasteiger partial charge in [-0.15, -0.1) is 0 Å². The number of amides is 1. The molecule has 2 atom stereocenters. The van der Waals surface area contributed by atoms with Crippen LogP contribution in [0.5, 0.6) is 0 Å². The molecule has 164 valence electrons. The summed E-state index contributed by atoms with van der Waals surface area (Å²) in [5, 5.41) is 11.4. The minimum absolute atomic E-state index is 0.0705. The van der Waals surface area contributed by atoms with Crippen molar-refractivity contribution >= 4 is 5.91 Å². The van der Waals surface area contributed by atoms with Crippen molar-refractivity contribution in [2.45, 2.75) is 87.1 Å². The molecule has 0 bridgehead atoms. The molecule has 4 aliphatic rings. The number of hydrogen-bond acceptors (Lipinski definition) is 5. The van der Waals surface area contributed by atoms with Crippen molar-refractivity contribution < 1.29 is 9.32 Å². The SMILES string of the molecule is O=C(NC1CCC(c2nc(C3(CN[C@@H]4CC4c4ccccc4)CC3)no2)CC1)C1CC1. The summed E-state index contributed by atoms with van der Waals surface area (Å²) >= 11 is 0. The van der Waals surface area contributed by atoms with Crippen LogP contribution in [0.3, 0.4) is 0 Å². The summed E-state index contributed by atoms with van der Waals surface area (Å²) in [5.74, 6) is 3.24. The highest BCUT2D eigenvalue weighted by atomic mass is 16.5. The van der Waals surface area contributed by atoms with Crippen molar-refractivity contribution in [3.05, 3.63) is 47.6 Å². The summed E-state index contributed by atoms with van der Waals surface area (Å²) < 4.78 is 5.73. The van der Waals surface area contributed by atoms with E-state index in [0.29, 0.717) is 23.9 Å². The van der Waals surface area contributed by atoms with Gasteiger partial charge in [0.25, 0.3) is 0 Å². The van der Waals surface area contributed by atoms with Crippen LogP contribution in [0, 0.1) is 5.92 Å². The Balaban J connectivity index is 1.01. The molecule has 4 aliphatic carbocycles. The fraction of sp³-hybridized carbons (Fsp3) is 0.640. The lowest BCUT2D eigenvalue weighted by molar-refractivity contribution is -0.123. The average molecular weight is 421 g/mol. The van der Waals surface area contributed by atoms with Crippen molar-refractivity contribution in [3.8, 4) is 0 Å². The van der Waals surface area contributed by atoms with E-state index >= 15 is 0 Å². The number of carbonyl (C=O) groups excluding carboxylic acids is 1. The van der Waals surface area contributed by atoms with E-state index in [2.05, 4.69) is 46.1 Å². The number of carbonyl (C=O) groups is 1. The molecule has 1 aromatic carbocycles. The normalized spacial score (nSPS) is 31.2. The number of benzene rings is 1. The third-order valence-corrected chi connectivity index (χ3v) is 7.86. The fourth-order valence-electron chi connectivity index (χ4n) is 5.21.